The summed E-state index contributed by atoms with van der Waals surface area (Å²) in [7, 11) is 0. The van der Waals surface area contributed by atoms with E-state index in [2.05, 4.69) is 10.4 Å². The second-order valence-corrected chi connectivity index (χ2v) is 6.85. The van der Waals surface area contributed by atoms with Gasteiger partial charge in [0.15, 0.2) is 5.69 Å². The number of thiophene rings is 1. The first-order chi connectivity index (χ1) is 12.4. The Kier molecular flexibility index (Phi) is 5.33. The minimum Gasteiger partial charge on any atom is -0.352 e. The minimum absolute atomic E-state index is 0.166. The fourth-order valence-corrected chi connectivity index (χ4v) is 3.25. The molecule has 2 aromatic heterocycles. The van der Waals surface area contributed by atoms with E-state index >= 15 is 0 Å². The van der Waals surface area contributed by atoms with Gasteiger partial charge in [0.2, 0.25) is 0 Å². The molecule has 2 heterocycles. The number of rotatable bonds is 5. The summed E-state index contributed by atoms with van der Waals surface area (Å²) in [5, 5.41) is 8.56. The molecule has 0 atom stereocenters. The molecule has 136 valence electrons. The van der Waals surface area contributed by atoms with Crippen molar-refractivity contribution in [3.8, 4) is 5.69 Å². The van der Waals surface area contributed by atoms with Gasteiger partial charge >= 0.3 is 6.18 Å². The van der Waals surface area contributed by atoms with Gasteiger partial charge in [0, 0.05) is 16.4 Å². The summed E-state index contributed by atoms with van der Waals surface area (Å²) in [6.07, 6.45) is -3.26. The van der Waals surface area contributed by atoms with Crippen LogP contribution in [0, 0.1) is 0 Å². The van der Waals surface area contributed by atoms with Crippen molar-refractivity contribution in [2.45, 2.75) is 12.6 Å². The number of carbonyl (C=O) groups excluding carboxylic acids is 1. The van der Waals surface area contributed by atoms with Gasteiger partial charge in [-0.3, -0.25) is 4.79 Å². The van der Waals surface area contributed by atoms with E-state index in [0.29, 0.717) is 16.1 Å². The maximum atomic E-state index is 13.5. The van der Waals surface area contributed by atoms with Crippen LogP contribution >= 0.6 is 22.9 Å². The molecule has 0 spiro atoms. The van der Waals surface area contributed by atoms with E-state index in [1.807, 2.05) is 17.5 Å². The normalized spacial score (nSPS) is 11.5. The average molecular weight is 400 g/mol. The van der Waals surface area contributed by atoms with Crippen molar-refractivity contribution in [1.82, 2.24) is 15.1 Å². The number of alkyl halides is 3. The van der Waals surface area contributed by atoms with Crippen LogP contribution in [0.15, 0.2) is 48.0 Å². The van der Waals surface area contributed by atoms with Gasteiger partial charge in [-0.05, 0) is 42.1 Å². The Labute approximate surface area is 156 Å². The van der Waals surface area contributed by atoms with E-state index in [1.54, 1.807) is 0 Å². The van der Waals surface area contributed by atoms with Gasteiger partial charge < -0.3 is 5.32 Å². The van der Waals surface area contributed by atoms with Gasteiger partial charge in [-0.1, -0.05) is 17.7 Å². The molecule has 0 unspecified atom stereocenters. The van der Waals surface area contributed by atoms with Crippen LogP contribution < -0.4 is 5.32 Å². The summed E-state index contributed by atoms with van der Waals surface area (Å²) in [6, 6.07) is 9.50. The lowest BCUT2D eigenvalue weighted by Gasteiger charge is -2.13. The molecule has 0 saturated heterocycles. The lowest BCUT2D eigenvalue weighted by Crippen LogP contribution is -2.28. The maximum absolute atomic E-state index is 13.5. The summed E-state index contributed by atoms with van der Waals surface area (Å²) < 4.78 is 41.3. The van der Waals surface area contributed by atoms with Crippen LogP contribution in [0.4, 0.5) is 13.2 Å². The Morgan fingerprint density at radius 3 is 2.58 bits per heavy atom. The molecule has 0 aliphatic carbocycles. The molecule has 1 aromatic carbocycles. The van der Waals surface area contributed by atoms with Crippen molar-refractivity contribution in [1.29, 1.82) is 0 Å². The number of nitrogens with zero attached hydrogens (tertiary/aromatic N) is 2. The van der Waals surface area contributed by atoms with E-state index < -0.39 is 23.3 Å². The van der Waals surface area contributed by atoms with Crippen molar-refractivity contribution in [2.75, 3.05) is 6.54 Å². The number of amides is 1. The van der Waals surface area contributed by atoms with Crippen LogP contribution in [0.3, 0.4) is 0 Å². The van der Waals surface area contributed by atoms with Gasteiger partial charge in [0.05, 0.1) is 17.4 Å². The number of nitrogens with one attached hydrogen (secondary N) is 1. The third-order valence-electron chi connectivity index (χ3n) is 3.59. The SMILES string of the molecule is O=C(NCCc1cccs1)c1cnn(-c2ccc(Cl)cc2)c1C(F)(F)F. The van der Waals surface area contributed by atoms with E-state index in [9.17, 15) is 18.0 Å². The molecular weight excluding hydrogens is 387 g/mol. The second-order valence-electron chi connectivity index (χ2n) is 5.38. The number of halogens is 4. The number of benzene rings is 1. The first-order valence-corrected chi connectivity index (χ1v) is 8.84. The highest BCUT2D eigenvalue weighted by atomic mass is 35.5. The monoisotopic (exact) mass is 399 g/mol. The van der Waals surface area contributed by atoms with Gasteiger partial charge in [-0.25, -0.2) is 4.68 Å². The van der Waals surface area contributed by atoms with Crippen LogP contribution in [-0.2, 0) is 12.6 Å². The van der Waals surface area contributed by atoms with E-state index in [4.69, 9.17) is 11.6 Å². The first kappa shape index (κ1) is 18.5. The predicted octanol–water partition coefficient (Wildman–Crippen LogP) is 4.58. The average Bonchev–Trinajstić information content (AvgIpc) is 3.24. The Morgan fingerprint density at radius 1 is 1.23 bits per heavy atom. The zero-order valence-corrected chi connectivity index (χ0v) is 14.8. The second kappa shape index (κ2) is 7.51. The molecule has 0 aliphatic rings. The van der Waals surface area contributed by atoms with Gasteiger partial charge in [-0.2, -0.15) is 18.3 Å². The molecule has 0 fully saturated rings. The van der Waals surface area contributed by atoms with Crippen molar-refractivity contribution in [3.05, 3.63) is 69.1 Å². The molecule has 1 amide bonds. The van der Waals surface area contributed by atoms with Crippen molar-refractivity contribution in [2.24, 2.45) is 0 Å². The first-order valence-electron chi connectivity index (χ1n) is 7.58. The highest BCUT2D eigenvalue weighted by Gasteiger charge is 2.40. The lowest BCUT2D eigenvalue weighted by molar-refractivity contribution is -0.143. The molecule has 3 rings (SSSR count). The number of hydrogen-bond acceptors (Lipinski definition) is 3. The van der Waals surface area contributed by atoms with Crippen LogP contribution in [0.2, 0.25) is 5.02 Å². The number of carbonyl (C=O) groups is 1. The molecule has 0 aliphatic heterocycles. The van der Waals surface area contributed by atoms with Crippen LogP contribution in [0.5, 0.6) is 0 Å². The maximum Gasteiger partial charge on any atom is 0.434 e. The summed E-state index contributed by atoms with van der Waals surface area (Å²) in [5.74, 6) is -0.811. The third kappa shape index (κ3) is 4.08. The summed E-state index contributed by atoms with van der Waals surface area (Å²) in [6.45, 7) is 0.239. The fourth-order valence-electron chi connectivity index (χ4n) is 2.41. The zero-order valence-electron chi connectivity index (χ0n) is 13.3. The molecule has 3 aromatic rings. The third-order valence-corrected chi connectivity index (χ3v) is 4.78. The quantitative estimate of drug-likeness (QED) is 0.682. The Bertz CT molecular complexity index is 889. The highest BCUT2D eigenvalue weighted by Crippen LogP contribution is 2.33. The molecule has 0 bridgehead atoms. The van der Waals surface area contributed by atoms with E-state index in [0.717, 1.165) is 11.1 Å². The summed E-state index contributed by atoms with van der Waals surface area (Å²) >= 11 is 7.29. The molecule has 1 N–H and O–H groups in total. The smallest absolute Gasteiger partial charge is 0.352 e. The summed E-state index contributed by atoms with van der Waals surface area (Å²) in [4.78, 5) is 13.3. The van der Waals surface area contributed by atoms with E-state index in [1.165, 1.54) is 35.6 Å². The van der Waals surface area contributed by atoms with Crippen molar-refractivity contribution in [3.63, 3.8) is 0 Å². The fraction of sp³-hybridized carbons (Fsp3) is 0.176. The van der Waals surface area contributed by atoms with Crippen LogP contribution in [0.25, 0.3) is 5.69 Å². The minimum atomic E-state index is -4.74. The molecule has 4 nitrogen and oxygen atoms in total. The molecule has 9 heteroatoms. The summed E-state index contributed by atoms with van der Waals surface area (Å²) in [5.41, 5.74) is -1.47. The zero-order chi connectivity index (χ0) is 18.7. The predicted molar refractivity (Wildman–Crippen MR) is 93.9 cm³/mol. The van der Waals surface area contributed by atoms with Gasteiger partial charge in [0.25, 0.3) is 5.91 Å². The van der Waals surface area contributed by atoms with Crippen molar-refractivity contribution < 1.29 is 18.0 Å². The highest BCUT2D eigenvalue weighted by molar-refractivity contribution is 7.09. The van der Waals surface area contributed by atoms with Crippen LogP contribution in [-0.4, -0.2) is 22.2 Å². The molecular formula is C17H13ClF3N3OS. The Hall–Kier alpha value is -2.32. The van der Waals surface area contributed by atoms with E-state index in [-0.39, 0.29) is 12.2 Å². The van der Waals surface area contributed by atoms with Crippen molar-refractivity contribution >= 4 is 28.8 Å². The Balaban J connectivity index is 1.84. The molecule has 0 saturated carbocycles. The number of hydrogen-bond donors (Lipinski definition) is 1. The largest absolute Gasteiger partial charge is 0.434 e. The molecule has 26 heavy (non-hydrogen) atoms. The standard InChI is InChI=1S/C17H13ClF3N3OS/c18-11-3-5-12(6-4-11)24-15(17(19,20)21)14(10-23-24)16(25)22-8-7-13-2-1-9-26-13/h1-6,9-10H,7-8H2,(H,22,25). The molecule has 0 radical (unpaired) electrons. The van der Waals surface area contributed by atoms with Crippen LogP contribution in [0.1, 0.15) is 20.9 Å². The van der Waals surface area contributed by atoms with Gasteiger partial charge in [0.1, 0.15) is 0 Å². The topological polar surface area (TPSA) is 46.9 Å². The lowest BCUT2D eigenvalue weighted by atomic mass is 10.2. The number of aromatic nitrogens is 2. The Morgan fingerprint density at radius 2 is 1.96 bits per heavy atom. The van der Waals surface area contributed by atoms with Gasteiger partial charge in [-0.15, -0.1) is 11.3 Å².